The highest BCUT2D eigenvalue weighted by atomic mass is 16.6. The third-order valence-electron chi connectivity index (χ3n) is 5.11. The number of nitrogens with one attached hydrogen (secondary N) is 2. The summed E-state index contributed by atoms with van der Waals surface area (Å²) in [6, 6.07) is 5.13. The van der Waals surface area contributed by atoms with Crippen LogP contribution < -0.4 is 10.6 Å². The zero-order valence-corrected chi connectivity index (χ0v) is 22.2. The van der Waals surface area contributed by atoms with Crippen LogP contribution in [0.5, 0.6) is 0 Å². The molecule has 3 atom stereocenters. The molecule has 0 fully saturated rings. The van der Waals surface area contributed by atoms with Crippen molar-refractivity contribution < 1.29 is 24.2 Å². The van der Waals surface area contributed by atoms with Gasteiger partial charge in [-0.25, -0.2) is 4.79 Å². The van der Waals surface area contributed by atoms with E-state index in [1.165, 1.54) is 4.90 Å². The summed E-state index contributed by atoms with van der Waals surface area (Å²) in [5, 5.41) is 15.5. The Morgan fingerprint density at radius 1 is 1.09 bits per heavy atom. The number of benzene rings is 1. The monoisotopic (exact) mass is 477 g/mol. The number of carbonyl (C=O) groups is 3. The van der Waals surface area contributed by atoms with Crippen LogP contribution in [0.4, 0.5) is 4.79 Å². The molecule has 0 radical (unpaired) electrons. The molecule has 34 heavy (non-hydrogen) atoms. The van der Waals surface area contributed by atoms with Crippen molar-refractivity contribution in [3.63, 3.8) is 0 Å². The molecule has 0 saturated heterocycles. The topological polar surface area (TPSA) is 108 Å². The molecule has 0 aliphatic carbocycles. The average Bonchev–Trinajstić information content (AvgIpc) is 2.67. The first-order valence-electron chi connectivity index (χ1n) is 11.9. The number of aliphatic hydroxyl groups is 1. The first-order valence-corrected chi connectivity index (χ1v) is 11.9. The number of alkyl carbamates (subject to hydrolysis) is 1. The van der Waals surface area contributed by atoms with Gasteiger partial charge in [0, 0.05) is 11.6 Å². The van der Waals surface area contributed by atoms with Crippen LogP contribution in [-0.2, 0) is 14.3 Å². The summed E-state index contributed by atoms with van der Waals surface area (Å²) < 4.78 is 5.26. The van der Waals surface area contributed by atoms with E-state index >= 15 is 0 Å². The first kappa shape index (κ1) is 29.4. The summed E-state index contributed by atoms with van der Waals surface area (Å²) in [5.41, 5.74) is 0.0260. The minimum Gasteiger partial charge on any atom is -0.444 e. The Balaban J connectivity index is 3.46. The van der Waals surface area contributed by atoms with Crippen LogP contribution in [0.25, 0.3) is 0 Å². The summed E-state index contributed by atoms with van der Waals surface area (Å²) in [4.78, 5) is 41.1. The molecule has 1 aromatic carbocycles. The molecule has 0 aromatic heterocycles. The fraction of sp³-hybridized carbons (Fsp3) is 0.654. The number of rotatable bonds is 9. The number of ether oxygens (including phenoxy) is 1. The van der Waals surface area contributed by atoms with Crippen LogP contribution in [0.15, 0.2) is 24.3 Å². The predicted octanol–water partition coefficient (Wildman–Crippen LogP) is 3.85. The van der Waals surface area contributed by atoms with Gasteiger partial charge in [0.1, 0.15) is 17.7 Å². The van der Waals surface area contributed by atoms with Gasteiger partial charge in [0.15, 0.2) is 0 Å². The smallest absolute Gasteiger partial charge is 0.408 e. The van der Waals surface area contributed by atoms with Crippen molar-refractivity contribution in [1.82, 2.24) is 15.5 Å². The van der Waals surface area contributed by atoms with Crippen LogP contribution >= 0.6 is 0 Å². The largest absolute Gasteiger partial charge is 0.444 e. The highest BCUT2D eigenvalue weighted by Gasteiger charge is 2.42. The summed E-state index contributed by atoms with van der Waals surface area (Å²) in [6.45, 7) is 15.8. The quantitative estimate of drug-likeness (QED) is 0.501. The molecule has 1 rings (SSSR count). The lowest BCUT2D eigenvalue weighted by atomic mass is 9.94. The van der Waals surface area contributed by atoms with E-state index in [-0.39, 0.29) is 11.9 Å². The van der Waals surface area contributed by atoms with Crippen molar-refractivity contribution in [2.24, 2.45) is 0 Å². The van der Waals surface area contributed by atoms with Crippen LogP contribution in [0, 0.1) is 6.92 Å². The summed E-state index contributed by atoms with van der Waals surface area (Å²) in [5.74, 6) is -0.894. The Bertz CT molecular complexity index is 842. The number of nitrogens with zero attached hydrogens (tertiary/aromatic N) is 1. The number of hydrogen-bond donors (Lipinski definition) is 3. The fourth-order valence-corrected chi connectivity index (χ4v) is 3.73. The maximum atomic E-state index is 13.8. The average molecular weight is 478 g/mol. The minimum atomic E-state index is -1.28. The normalized spacial score (nSPS) is 14.5. The maximum absolute atomic E-state index is 13.8. The number of aryl methyl sites for hydroxylation is 1. The Hall–Kier alpha value is -2.61. The van der Waals surface area contributed by atoms with Crippen molar-refractivity contribution in [2.75, 3.05) is 6.61 Å². The van der Waals surface area contributed by atoms with Gasteiger partial charge in [-0.3, -0.25) is 9.59 Å². The number of amides is 3. The van der Waals surface area contributed by atoms with E-state index in [0.29, 0.717) is 5.56 Å². The van der Waals surface area contributed by atoms with Crippen LogP contribution in [0.1, 0.15) is 85.4 Å². The second-order valence-electron chi connectivity index (χ2n) is 10.8. The number of hydrogen-bond acceptors (Lipinski definition) is 5. The van der Waals surface area contributed by atoms with Gasteiger partial charge in [-0.15, -0.1) is 0 Å². The van der Waals surface area contributed by atoms with Gasteiger partial charge in [0.2, 0.25) is 11.8 Å². The molecule has 0 aliphatic rings. The van der Waals surface area contributed by atoms with E-state index in [0.717, 1.165) is 18.4 Å². The van der Waals surface area contributed by atoms with Gasteiger partial charge in [-0.05, 0) is 67.4 Å². The molecule has 0 saturated carbocycles. The lowest BCUT2D eigenvalue weighted by Crippen LogP contribution is -2.59. The zero-order chi connectivity index (χ0) is 26.3. The van der Waals surface area contributed by atoms with Crippen molar-refractivity contribution >= 4 is 17.9 Å². The van der Waals surface area contributed by atoms with Gasteiger partial charge in [-0.2, -0.15) is 0 Å². The van der Waals surface area contributed by atoms with E-state index in [2.05, 4.69) is 10.6 Å². The van der Waals surface area contributed by atoms with E-state index in [4.69, 9.17) is 4.74 Å². The molecule has 8 nitrogen and oxygen atoms in total. The highest BCUT2D eigenvalue weighted by Crippen LogP contribution is 2.30. The second kappa shape index (κ2) is 12.2. The van der Waals surface area contributed by atoms with Crippen molar-refractivity contribution in [1.29, 1.82) is 0 Å². The molecule has 0 bridgehead atoms. The van der Waals surface area contributed by atoms with Crippen LogP contribution in [-0.4, -0.2) is 57.7 Å². The summed E-state index contributed by atoms with van der Waals surface area (Å²) in [6.07, 6.45) is 0.891. The minimum absolute atomic E-state index is 0.0738. The number of carbonyl (C=O) groups excluding carboxylic acids is 3. The van der Waals surface area contributed by atoms with Gasteiger partial charge in [-0.1, -0.05) is 43.2 Å². The molecule has 3 amide bonds. The second-order valence-corrected chi connectivity index (χ2v) is 10.8. The Labute approximate surface area is 204 Å². The molecule has 0 spiro atoms. The molecule has 0 aliphatic heterocycles. The van der Waals surface area contributed by atoms with E-state index < -0.39 is 41.8 Å². The third-order valence-corrected chi connectivity index (χ3v) is 5.11. The van der Waals surface area contributed by atoms with E-state index in [1.54, 1.807) is 20.8 Å². The summed E-state index contributed by atoms with van der Waals surface area (Å²) >= 11 is 0. The van der Waals surface area contributed by atoms with Gasteiger partial charge in [0.05, 0.1) is 6.61 Å². The summed E-state index contributed by atoms with van der Waals surface area (Å²) in [7, 11) is 0. The number of aliphatic hydroxyl groups excluding tert-OH is 1. The Morgan fingerprint density at radius 2 is 1.71 bits per heavy atom. The molecule has 192 valence electrons. The van der Waals surface area contributed by atoms with Crippen molar-refractivity contribution in [3.8, 4) is 0 Å². The lowest BCUT2D eigenvalue weighted by molar-refractivity contribution is -0.149. The third kappa shape index (κ3) is 8.97. The maximum Gasteiger partial charge on any atom is 0.408 e. The van der Waals surface area contributed by atoms with E-state index in [1.807, 2.05) is 65.8 Å². The Kier molecular flexibility index (Phi) is 10.6. The van der Waals surface area contributed by atoms with Gasteiger partial charge < -0.3 is 25.4 Å². The molecule has 3 unspecified atom stereocenters. The molecule has 0 heterocycles. The molecule has 3 N–H and O–H groups in total. The SMILES string of the molecule is CCCC(C)NC(=O)C(c1cccc(C)c1)N(C(=O)C(CO)NC(=O)OC(C)(C)C)C(C)(C)C. The van der Waals surface area contributed by atoms with Crippen LogP contribution in [0.2, 0.25) is 0 Å². The fourth-order valence-electron chi connectivity index (χ4n) is 3.73. The Morgan fingerprint density at radius 3 is 2.18 bits per heavy atom. The molecule has 1 aromatic rings. The van der Waals surface area contributed by atoms with E-state index in [9.17, 15) is 19.5 Å². The van der Waals surface area contributed by atoms with Gasteiger partial charge in [0.25, 0.3) is 0 Å². The zero-order valence-electron chi connectivity index (χ0n) is 22.2. The lowest BCUT2D eigenvalue weighted by Gasteiger charge is -2.43. The highest BCUT2D eigenvalue weighted by molar-refractivity contribution is 5.92. The first-order chi connectivity index (χ1) is 15.6. The van der Waals surface area contributed by atoms with Crippen LogP contribution in [0.3, 0.4) is 0 Å². The standard InChI is InChI=1S/C26H43N3O5/c1-10-12-18(3)27-22(31)21(19-14-11-13-17(2)15-19)29(25(4,5)6)23(32)20(16-30)28-24(33)34-26(7,8)9/h11,13-15,18,20-21,30H,10,12,16H2,1-9H3,(H,27,31)(H,28,33). The van der Waals surface area contributed by atoms with Crippen molar-refractivity contribution in [3.05, 3.63) is 35.4 Å². The van der Waals surface area contributed by atoms with Crippen molar-refractivity contribution in [2.45, 2.75) is 104 Å². The predicted molar refractivity (Wildman–Crippen MR) is 133 cm³/mol. The molecular formula is C26H43N3O5. The van der Waals surface area contributed by atoms with Gasteiger partial charge >= 0.3 is 6.09 Å². The molecular weight excluding hydrogens is 434 g/mol. The molecule has 8 heteroatoms.